The Morgan fingerprint density at radius 1 is 1.46 bits per heavy atom. The lowest BCUT2D eigenvalue weighted by Crippen LogP contribution is -2.39. The number of rotatable bonds is 6. The maximum absolute atomic E-state index is 13.1. The molecule has 4 nitrogen and oxygen atoms in total. The summed E-state index contributed by atoms with van der Waals surface area (Å²) in [6.45, 7) is 2.00. The summed E-state index contributed by atoms with van der Waals surface area (Å²) in [7, 11) is 0. The highest BCUT2D eigenvalue weighted by Crippen LogP contribution is 2.28. The third-order valence-corrected chi connectivity index (χ3v) is 5.11. The topological polar surface area (TPSA) is 42.4 Å². The summed E-state index contributed by atoms with van der Waals surface area (Å²) in [5.41, 5.74) is 0. The minimum absolute atomic E-state index is 0.166. The average Bonchev–Trinajstić information content (AvgIpc) is 3.13. The van der Waals surface area contributed by atoms with E-state index in [0.717, 1.165) is 30.9 Å². The molecule has 2 aromatic rings. The number of thiazole rings is 1. The number of nitrogens with zero attached hydrogens (tertiary/aromatic N) is 2. The number of piperidine rings is 1. The summed E-state index contributed by atoms with van der Waals surface area (Å²) in [5.74, 6) is 0.722. The van der Waals surface area contributed by atoms with Crippen molar-refractivity contribution in [2.24, 2.45) is 0 Å². The molecule has 1 aliphatic rings. The fourth-order valence-electron chi connectivity index (χ4n) is 2.97. The Balaban J connectivity index is 1.41. The van der Waals surface area contributed by atoms with Gasteiger partial charge in [0.05, 0.1) is 11.6 Å². The van der Waals surface area contributed by atoms with Crippen LogP contribution < -0.4 is 4.74 Å². The van der Waals surface area contributed by atoms with Crippen molar-refractivity contribution in [2.75, 3.05) is 19.7 Å². The van der Waals surface area contributed by atoms with Gasteiger partial charge in [0, 0.05) is 43.1 Å². The molecule has 0 radical (unpaired) electrons. The molecule has 1 aromatic heterocycles. The number of carbonyl (C=O) groups excluding carboxylic acids is 1. The fourth-order valence-corrected chi connectivity index (χ4v) is 3.74. The van der Waals surface area contributed by atoms with Crippen LogP contribution in [-0.4, -0.2) is 35.5 Å². The van der Waals surface area contributed by atoms with Crippen molar-refractivity contribution in [2.45, 2.75) is 31.6 Å². The number of aromatic nitrogens is 1. The van der Waals surface area contributed by atoms with E-state index in [9.17, 15) is 9.18 Å². The van der Waals surface area contributed by atoms with E-state index < -0.39 is 0 Å². The van der Waals surface area contributed by atoms with Crippen molar-refractivity contribution in [1.82, 2.24) is 9.88 Å². The van der Waals surface area contributed by atoms with Gasteiger partial charge in [-0.05, 0) is 31.4 Å². The number of amides is 1. The Morgan fingerprint density at radius 2 is 2.38 bits per heavy atom. The molecule has 0 aliphatic carbocycles. The molecule has 2 heterocycles. The smallest absolute Gasteiger partial charge is 0.222 e. The average molecular weight is 348 g/mol. The van der Waals surface area contributed by atoms with Crippen molar-refractivity contribution >= 4 is 17.2 Å². The third kappa shape index (κ3) is 4.54. The normalized spacial score (nSPS) is 17.7. The van der Waals surface area contributed by atoms with Gasteiger partial charge in [-0.2, -0.15) is 0 Å². The van der Waals surface area contributed by atoms with Gasteiger partial charge in [-0.15, -0.1) is 11.3 Å². The van der Waals surface area contributed by atoms with Crippen LogP contribution in [0, 0.1) is 5.82 Å². The predicted octanol–water partition coefficient (Wildman–Crippen LogP) is 3.85. The van der Waals surface area contributed by atoms with Crippen LogP contribution in [0.5, 0.6) is 5.75 Å². The Morgan fingerprint density at radius 3 is 3.17 bits per heavy atom. The van der Waals surface area contributed by atoms with E-state index in [1.165, 1.54) is 12.1 Å². The van der Waals surface area contributed by atoms with E-state index in [-0.39, 0.29) is 11.7 Å². The monoisotopic (exact) mass is 348 g/mol. The number of halogens is 1. The first-order valence-electron chi connectivity index (χ1n) is 8.28. The van der Waals surface area contributed by atoms with Crippen LogP contribution in [-0.2, 0) is 4.79 Å². The Labute approximate surface area is 145 Å². The molecule has 1 unspecified atom stereocenters. The molecule has 1 amide bonds. The van der Waals surface area contributed by atoms with Gasteiger partial charge in [-0.25, -0.2) is 9.37 Å². The van der Waals surface area contributed by atoms with Crippen LogP contribution in [0.15, 0.2) is 35.8 Å². The van der Waals surface area contributed by atoms with Crippen molar-refractivity contribution in [3.8, 4) is 5.75 Å². The van der Waals surface area contributed by atoms with Gasteiger partial charge in [0.1, 0.15) is 11.6 Å². The Kier molecular flexibility index (Phi) is 5.80. The molecule has 1 saturated heterocycles. The van der Waals surface area contributed by atoms with Crippen LogP contribution in [0.2, 0.25) is 0 Å². The third-order valence-electron chi connectivity index (χ3n) is 4.17. The molecular weight excluding hydrogens is 327 g/mol. The van der Waals surface area contributed by atoms with E-state index in [4.69, 9.17) is 4.74 Å². The van der Waals surface area contributed by atoms with Crippen molar-refractivity contribution in [3.05, 3.63) is 46.7 Å². The van der Waals surface area contributed by atoms with Crippen LogP contribution in [0.1, 0.15) is 36.6 Å². The van der Waals surface area contributed by atoms with Gasteiger partial charge in [0.25, 0.3) is 0 Å². The minimum Gasteiger partial charge on any atom is -0.493 e. The van der Waals surface area contributed by atoms with Crippen LogP contribution in [0.3, 0.4) is 0 Å². The number of benzene rings is 1. The first kappa shape index (κ1) is 16.9. The lowest BCUT2D eigenvalue weighted by Gasteiger charge is -2.32. The highest BCUT2D eigenvalue weighted by Gasteiger charge is 2.25. The zero-order chi connectivity index (χ0) is 16.8. The van der Waals surface area contributed by atoms with Gasteiger partial charge in [0.15, 0.2) is 0 Å². The molecule has 128 valence electrons. The summed E-state index contributed by atoms with van der Waals surface area (Å²) >= 11 is 1.66. The summed E-state index contributed by atoms with van der Waals surface area (Å²) in [4.78, 5) is 18.7. The van der Waals surface area contributed by atoms with Gasteiger partial charge in [-0.3, -0.25) is 4.79 Å². The second-order valence-electron chi connectivity index (χ2n) is 5.96. The molecular formula is C18H21FN2O2S. The Hall–Kier alpha value is -1.95. The van der Waals surface area contributed by atoms with Gasteiger partial charge < -0.3 is 9.64 Å². The molecule has 1 fully saturated rings. The molecule has 3 rings (SSSR count). The van der Waals surface area contributed by atoms with Crippen LogP contribution in [0.25, 0.3) is 0 Å². The lowest BCUT2D eigenvalue weighted by atomic mass is 9.98. The number of ether oxygens (including phenoxy) is 1. The van der Waals surface area contributed by atoms with Crippen molar-refractivity contribution in [1.29, 1.82) is 0 Å². The molecule has 1 aromatic carbocycles. The SMILES string of the molecule is O=C(CCCOc1cccc(F)c1)N1CCCC(c2nccs2)C1. The Bertz CT molecular complexity index is 663. The first-order valence-corrected chi connectivity index (χ1v) is 9.16. The molecule has 1 aliphatic heterocycles. The number of likely N-dealkylation sites (tertiary alicyclic amines) is 1. The second-order valence-corrected chi connectivity index (χ2v) is 6.88. The van der Waals surface area contributed by atoms with Crippen LogP contribution in [0.4, 0.5) is 4.39 Å². The second kappa shape index (κ2) is 8.24. The maximum atomic E-state index is 13.1. The highest BCUT2D eigenvalue weighted by atomic mass is 32.1. The standard InChI is InChI=1S/C18H21FN2O2S/c19-15-5-1-6-16(12-15)23-10-3-7-17(22)21-9-2-4-14(13-21)18-20-8-11-24-18/h1,5-6,8,11-12,14H,2-4,7,9-10,13H2. The largest absolute Gasteiger partial charge is 0.493 e. The predicted molar refractivity (Wildman–Crippen MR) is 91.8 cm³/mol. The highest BCUT2D eigenvalue weighted by molar-refractivity contribution is 7.09. The van der Waals surface area contributed by atoms with E-state index in [0.29, 0.717) is 31.1 Å². The lowest BCUT2D eigenvalue weighted by molar-refractivity contribution is -0.132. The summed E-state index contributed by atoms with van der Waals surface area (Å²) in [6.07, 6.45) is 5.04. The van der Waals surface area contributed by atoms with E-state index >= 15 is 0 Å². The molecule has 1 atom stereocenters. The van der Waals surface area contributed by atoms with E-state index in [2.05, 4.69) is 4.98 Å². The quantitative estimate of drug-likeness (QED) is 0.745. The fraction of sp³-hybridized carbons (Fsp3) is 0.444. The molecule has 0 N–H and O–H groups in total. The summed E-state index contributed by atoms with van der Waals surface area (Å²) in [6, 6.07) is 6.06. The number of hydrogen-bond donors (Lipinski definition) is 0. The van der Waals surface area contributed by atoms with E-state index in [1.807, 2.05) is 16.5 Å². The molecule has 0 saturated carbocycles. The maximum Gasteiger partial charge on any atom is 0.222 e. The number of hydrogen-bond acceptors (Lipinski definition) is 4. The van der Waals surface area contributed by atoms with Gasteiger partial charge >= 0.3 is 0 Å². The summed E-state index contributed by atoms with van der Waals surface area (Å²) < 4.78 is 18.5. The number of carbonyl (C=O) groups is 1. The van der Waals surface area contributed by atoms with Gasteiger partial charge in [0.2, 0.25) is 5.91 Å². The minimum atomic E-state index is -0.315. The summed E-state index contributed by atoms with van der Waals surface area (Å²) in [5, 5.41) is 3.11. The molecule has 6 heteroatoms. The van der Waals surface area contributed by atoms with Crippen molar-refractivity contribution < 1.29 is 13.9 Å². The molecule has 0 spiro atoms. The zero-order valence-electron chi connectivity index (χ0n) is 13.5. The van der Waals surface area contributed by atoms with E-state index in [1.54, 1.807) is 23.5 Å². The van der Waals surface area contributed by atoms with Crippen LogP contribution >= 0.6 is 11.3 Å². The zero-order valence-corrected chi connectivity index (χ0v) is 14.3. The van der Waals surface area contributed by atoms with Crippen molar-refractivity contribution in [3.63, 3.8) is 0 Å². The molecule has 24 heavy (non-hydrogen) atoms. The van der Waals surface area contributed by atoms with Gasteiger partial charge in [-0.1, -0.05) is 6.07 Å². The molecule has 0 bridgehead atoms. The first-order chi connectivity index (χ1) is 11.7.